The van der Waals surface area contributed by atoms with Crippen molar-refractivity contribution in [3.8, 4) is 0 Å². The first-order chi connectivity index (χ1) is 8.47. The second-order valence-corrected chi connectivity index (χ2v) is 5.24. The molecule has 0 radical (unpaired) electrons. The van der Waals surface area contributed by atoms with Crippen molar-refractivity contribution in [3.63, 3.8) is 0 Å². The molecule has 1 amide bonds. The molecule has 0 saturated carbocycles. The van der Waals surface area contributed by atoms with E-state index in [0.717, 1.165) is 0 Å². The number of hydrogen-bond acceptors (Lipinski definition) is 2. The third kappa shape index (κ3) is 2.82. The fraction of sp³-hybridized carbons (Fsp3) is 0.462. The molecule has 0 aromatic heterocycles. The average molecular weight is 271 g/mol. The zero-order valence-electron chi connectivity index (χ0n) is 10.4. The van der Waals surface area contributed by atoms with Crippen molar-refractivity contribution < 1.29 is 9.18 Å². The van der Waals surface area contributed by atoms with E-state index in [-0.39, 0.29) is 23.6 Å². The number of nitrogens with zero attached hydrogens (tertiary/aromatic N) is 1. The molecular weight excluding hydrogens is 255 g/mol. The van der Waals surface area contributed by atoms with Gasteiger partial charge in [0.1, 0.15) is 5.82 Å². The first-order valence-corrected chi connectivity index (χ1v) is 6.35. The van der Waals surface area contributed by atoms with Gasteiger partial charge in [-0.1, -0.05) is 11.6 Å². The molecule has 1 N–H and O–H groups in total. The fourth-order valence-corrected chi connectivity index (χ4v) is 2.48. The van der Waals surface area contributed by atoms with Crippen molar-refractivity contribution in [2.45, 2.75) is 25.9 Å². The molecule has 0 spiro atoms. The molecule has 1 saturated heterocycles. The van der Waals surface area contributed by atoms with Gasteiger partial charge < -0.3 is 10.2 Å². The van der Waals surface area contributed by atoms with Crippen LogP contribution in [0.5, 0.6) is 0 Å². The molecule has 0 aliphatic carbocycles. The van der Waals surface area contributed by atoms with Crippen LogP contribution in [0.15, 0.2) is 18.2 Å². The molecule has 1 aromatic rings. The van der Waals surface area contributed by atoms with E-state index in [9.17, 15) is 9.18 Å². The largest absolute Gasteiger partial charge is 0.335 e. The molecule has 1 fully saturated rings. The molecule has 0 bridgehead atoms. The minimum Gasteiger partial charge on any atom is -0.335 e. The minimum absolute atomic E-state index is 0.0840. The molecule has 18 heavy (non-hydrogen) atoms. The maximum absolute atomic E-state index is 13.7. The number of rotatable bonds is 1. The van der Waals surface area contributed by atoms with Gasteiger partial charge in [0.2, 0.25) is 0 Å². The van der Waals surface area contributed by atoms with Crippen LogP contribution in [0.2, 0.25) is 5.02 Å². The molecule has 2 atom stereocenters. The lowest BCUT2D eigenvalue weighted by atomic mass is 10.1. The van der Waals surface area contributed by atoms with Crippen LogP contribution in [-0.4, -0.2) is 36.0 Å². The molecule has 98 valence electrons. The normalized spacial score (nSPS) is 24.1. The Morgan fingerprint density at radius 2 is 2.00 bits per heavy atom. The summed E-state index contributed by atoms with van der Waals surface area (Å²) in [5.74, 6) is -0.837. The summed E-state index contributed by atoms with van der Waals surface area (Å²) in [7, 11) is 0. The molecule has 1 heterocycles. The van der Waals surface area contributed by atoms with E-state index in [1.807, 2.05) is 13.8 Å². The molecular formula is C13H16ClFN2O. The predicted molar refractivity (Wildman–Crippen MR) is 69.4 cm³/mol. The number of carbonyl (C=O) groups excluding carboxylic acids is 1. The molecule has 5 heteroatoms. The molecule has 2 unspecified atom stereocenters. The van der Waals surface area contributed by atoms with Crippen LogP contribution in [0.1, 0.15) is 24.2 Å². The number of halogens is 2. The maximum Gasteiger partial charge on any atom is 0.256 e. The molecule has 1 aliphatic rings. The van der Waals surface area contributed by atoms with Crippen LogP contribution in [-0.2, 0) is 0 Å². The summed E-state index contributed by atoms with van der Waals surface area (Å²) in [6.45, 7) is 5.19. The summed E-state index contributed by atoms with van der Waals surface area (Å²) in [6, 6.07) is 4.58. The van der Waals surface area contributed by atoms with E-state index in [0.29, 0.717) is 18.1 Å². The highest BCUT2D eigenvalue weighted by molar-refractivity contribution is 6.30. The minimum atomic E-state index is -0.564. The third-order valence-electron chi connectivity index (χ3n) is 3.01. The van der Waals surface area contributed by atoms with E-state index >= 15 is 0 Å². The smallest absolute Gasteiger partial charge is 0.256 e. The number of nitrogens with one attached hydrogen (secondary N) is 1. The van der Waals surface area contributed by atoms with Crippen LogP contribution in [0.4, 0.5) is 4.39 Å². The van der Waals surface area contributed by atoms with Gasteiger partial charge in [-0.25, -0.2) is 4.39 Å². The second kappa shape index (κ2) is 5.24. The van der Waals surface area contributed by atoms with Gasteiger partial charge >= 0.3 is 0 Å². The van der Waals surface area contributed by atoms with Gasteiger partial charge in [-0.05, 0) is 32.0 Å². The summed E-state index contributed by atoms with van der Waals surface area (Å²) >= 11 is 5.68. The number of hydrogen-bond donors (Lipinski definition) is 1. The second-order valence-electron chi connectivity index (χ2n) is 4.80. The highest BCUT2D eigenvalue weighted by atomic mass is 35.5. The quantitative estimate of drug-likeness (QED) is 0.849. The Kier molecular flexibility index (Phi) is 3.88. The van der Waals surface area contributed by atoms with E-state index < -0.39 is 5.82 Å². The Labute approximate surface area is 111 Å². The van der Waals surface area contributed by atoms with Crippen LogP contribution in [0.25, 0.3) is 0 Å². The van der Waals surface area contributed by atoms with E-state index in [1.54, 1.807) is 4.90 Å². The van der Waals surface area contributed by atoms with Crippen LogP contribution in [0, 0.1) is 5.82 Å². The predicted octanol–water partition coefficient (Wildman–Crippen LogP) is 2.30. The van der Waals surface area contributed by atoms with Crippen LogP contribution >= 0.6 is 11.6 Å². The maximum atomic E-state index is 13.7. The Hall–Kier alpha value is -1.13. The number of piperazine rings is 1. The standard InChI is InChI=1S/C13H16ClFN2O/c1-8-6-17(7-9(2)16-8)13(18)11-4-3-10(14)5-12(11)15/h3-5,8-9,16H,6-7H2,1-2H3. The zero-order valence-corrected chi connectivity index (χ0v) is 11.2. The third-order valence-corrected chi connectivity index (χ3v) is 3.24. The van der Waals surface area contributed by atoms with Crippen molar-refractivity contribution in [2.24, 2.45) is 0 Å². The number of amides is 1. The van der Waals surface area contributed by atoms with Gasteiger partial charge in [0.25, 0.3) is 5.91 Å². The summed E-state index contributed by atoms with van der Waals surface area (Å²) in [6.07, 6.45) is 0. The van der Waals surface area contributed by atoms with Crippen molar-refractivity contribution in [2.75, 3.05) is 13.1 Å². The van der Waals surface area contributed by atoms with Gasteiger partial charge in [0.15, 0.2) is 0 Å². The first kappa shape index (κ1) is 13.3. The van der Waals surface area contributed by atoms with E-state index in [4.69, 9.17) is 11.6 Å². The van der Waals surface area contributed by atoms with E-state index in [1.165, 1.54) is 18.2 Å². The highest BCUT2D eigenvalue weighted by Crippen LogP contribution is 2.17. The SMILES string of the molecule is CC1CN(C(=O)c2ccc(Cl)cc2F)CC(C)N1. The van der Waals surface area contributed by atoms with Gasteiger partial charge in [-0.15, -0.1) is 0 Å². The number of carbonyl (C=O) groups is 1. The van der Waals surface area contributed by atoms with Crippen LogP contribution < -0.4 is 5.32 Å². The monoisotopic (exact) mass is 270 g/mol. The Morgan fingerprint density at radius 1 is 1.39 bits per heavy atom. The fourth-order valence-electron chi connectivity index (χ4n) is 2.33. The lowest BCUT2D eigenvalue weighted by Crippen LogP contribution is -2.55. The molecule has 2 rings (SSSR count). The summed E-state index contributed by atoms with van der Waals surface area (Å²) in [4.78, 5) is 13.9. The highest BCUT2D eigenvalue weighted by Gasteiger charge is 2.26. The van der Waals surface area contributed by atoms with Crippen molar-refractivity contribution in [1.29, 1.82) is 0 Å². The van der Waals surface area contributed by atoms with Gasteiger partial charge in [-0.3, -0.25) is 4.79 Å². The topological polar surface area (TPSA) is 32.3 Å². The van der Waals surface area contributed by atoms with Crippen molar-refractivity contribution >= 4 is 17.5 Å². The first-order valence-electron chi connectivity index (χ1n) is 5.97. The average Bonchev–Trinajstić information content (AvgIpc) is 2.26. The molecule has 1 aliphatic heterocycles. The zero-order chi connectivity index (χ0) is 13.3. The van der Waals surface area contributed by atoms with Gasteiger partial charge in [-0.2, -0.15) is 0 Å². The van der Waals surface area contributed by atoms with E-state index in [2.05, 4.69) is 5.32 Å². The van der Waals surface area contributed by atoms with Crippen molar-refractivity contribution in [3.05, 3.63) is 34.6 Å². The Bertz CT molecular complexity index is 456. The summed E-state index contributed by atoms with van der Waals surface area (Å²) in [5, 5.41) is 3.63. The molecule has 3 nitrogen and oxygen atoms in total. The Morgan fingerprint density at radius 3 is 2.56 bits per heavy atom. The summed E-state index contributed by atoms with van der Waals surface area (Å²) in [5.41, 5.74) is 0.0840. The van der Waals surface area contributed by atoms with Gasteiger partial charge in [0.05, 0.1) is 5.56 Å². The lowest BCUT2D eigenvalue weighted by Gasteiger charge is -2.36. The lowest BCUT2D eigenvalue weighted by molar-refractivity contribution is 0.0669. The number of benzene rings is 1. The van der Waals surface area contributed by atoms with Gasteiger partial charge in [0, 0.05) is 30.2 Å². The van der Waals surface area contributed by atoms with Crippen molar-refractivity contribution in [1.82, 2.24) is 10.2 Å². The molecule has 1 aromatic carbocycles. The van der Waals surface area contributed by atoms with Crippen LogP contribution in [0.3, 0.4) is 0 Å². The summed E-state index contributed by atoms with van der Waals surface area (Å²) < 4.78 is 13.7. The Balaban J connectivity index is 2.20.